The fourth-order valence-corrected chi connectivity index (χ4v) is 7.23. The molecule has 2 atom stereocenters. The van der Waals surface area contributed by atoms with Crippen molar-refractivity contribution >= 4 is 16.0 Å². The largest absolute Gasteiger partial charge is 0.457 e. The van der Waals surface area contributed by atoms with Gasteiger partial charge in [0.2, 0.25) is 10.0 Å². The monoisotopic (exact) mass is 529 g/mol. The summed E-state index contributed by atoms with van der Waals surface area (Å²) in [6.07, 6.45) is 2.58. The number of piperidine rings is 1. The third kappa shape index (κ3) is 5.68. The fraction of sp³-hybridized carbons (Fsp3) is 0.536. The Labute approximate surface area is 219 Å². The van der Waals surface area contributed by atoms with E-state index in [4.69, 9.17) is 9.47 Å². The fourth-order valence-electron chi connectivity index (χ4n) is 5.54. The molecule has 2 aromatic rings. The molecule has 200 valence electrons. The van der Waals surface area contributed by atoms with Crippen molar-refractivity contribution in [3.63, 3.8) is 0 Å². The van der Waals surface area contributed by atoms with Crippen LogP contribution in [0.2, 0.25) is 0 Å². The Morgan fingerprint density at radius 3 is 2.38 bits per heavy atom. The first-order chi connectivity index (χ1) is 17.6. The quantitative estimate of drug-likeness (QED) is 0.608. The lowest BCUT2D eigenvalue weighted by Crippen LogP contribution is -2.59. The summed E-state index contributed by atoms with van der Waals surface area (Å²) in [4.78, 5) is 6.88. The van der Waals surface area contributed by atoms with Crippen LogP contribution in [0.1, 0.15) is 62.3 Å². The third-order valence-corrected chi connectivity index (χ3v) is 9.89. The van der Waals surface area contributed by atoms with Crippen molar-refractivity contribution in [3.05, 3.63) is 71.0 Å². The maximum Gasteiger partial charge on any atom is 0.299 e. The summed E-state index contributed by atoms with van der Waals surface area (Å²) >= 11 is 0. The van der Waals surface area contributed by atoms with Crippen LogP contribution < -0.4 is 4.72 Å². The van der Waals surface area contributed by atoms with Crippen LogP contribution in [0.25, 0.3) is 0 Å². The molecule has 5 rings (SSSR count). The van der Waals surface area contributed by atoms with Gasteiger partial charge in [-0.25, -0.2) is 22.5 Å². The number of halogens is 1. The maximum atomic E-state index is 14.2. The van der Waals surface area contributed by atoms with E-state index >= 15 is 0 Å². The summed E-state index contributed by atoms with van der Waals surface area (Å²) in [7, 11) is -3.77. The number of nitrogens with zero attached hydrogens (tertiary/aromatic N) is 2. The molecule has 0 amide bonds. The SMILES string of the molecule is C[C@H](N=C1NS(=O)(=O)C(Cc2ccc(C3CCN(C4COC4)CC3)cc2)C(C)(C)O1)c1ccccc1F. The molecular formula is C28H36FN3O4S. The highest BCUT2D eigenvalue weighted by atomic mass is 32.2. The molecule has 9 heteroatoms. The van der Waals surface area contributed by atoms with E-state index in [-0.39, 0.29) is 6.02 Å². The molecule has 1 unspecified atom stereocenters. The van der Waals surface area contributed by atoms with Gasteiger partial charge < -0.3 is 9.47 Å². The van der Waals surface area contributed by atoms with Gasteiger partial charge in [0.15, 0.2) is 0 Å². The van der Waals surface area contributed by atoms with Crippen molar-refractivity contribution in [2.75, 3.05) is 26.3 Å². The molecule has 37 heavy (non-hydrogen) atoms. The minimum atomic E-state index is -3.77. The first-order valence-electron chi connectivity index (χ1n) is 13.1. The Hall–Kier alpha value is -2.49. The van der Waals surface area contributed by atoms with Gasteiger partial charge in [-0.15, -0.1) is 0 Å². The molecule has 3 saturated heterocycles. The van der Waals surface area contributed by atoms with Crippen LogP contribution in [0.4, 0.5) is 4.39 Å². The van der Waals surface area contributed by atoms with Crippen molar-refractivity contribution in [2.24, 2.45) is 4.99 Å². The van der Waals surface area contributed by atoms with Crippen LogP contribution >= 0.6 is 0 Å². The van der Waals surface area contributed by atoms with E-state index in [1.807, 2.05) is 12.1 Å². The molecule has 0 radical (unpaired) electrons. The number of sulfonamides is 1. The minimum absolute atomic E-state index is 0.104. The van der Waals surface area contributed by atoms with Gasteiger partial charge in [-0.05, 0) is 76.2 Å². The van der Waals surface area contributed by atoms with Crippen molar-refractivity contribution in [1.29, 1.82) is 0 Å². The van der Waals surface area contributed by atoms with E-state index in [1.54, 1.807) is 39.0 Å². The summed E-state index contributed by atoms with van der Waals surface area (Å²) in [6.45, 7) is 9.12. The molecule has 3 aliphatic heterocycles. The summed E-state index contributed by atoms with van der Waals surface area (Å²) < 4.78 is 54.5. The molecule has 3 heterocycles. The van der Waals surface area contributed by atoms with Gasteiger partial charge in [-0.2, -0.15) is 0 Å². The minimum Gasteiger partial charge on any atom is -0.457 e. The standard InChI is InChI=1S/C28H36FN3O4S/c1-19(24-6-4-5-7-25(24)29)30-27-31-37(33,34)26(28(2,3)36-27)16-20-8-10-21(11-9-20)22-12-14-32(15-13-22)23-17-35-18-23/h4-11,19,22-23,26H,12-18H2,1-3H3,(H,30,31)/t19-,26?/m0/s1. The Kier molecular flexibility index (Phi) is 7.31. The first kappa shape index (κ1) is 26.1. The number of ether oxygens (including phenoxy) is 2. The summed E-state index contributed by atoms with van der Waals surface area (Å²) in [6, 6.07) is 14.6. The highest BCUT2D eigenvalue weighted by molar-refractivity contribution is 7.90. The molecule has 3 aliphatic rings. The number of aliphatic imine (C=N–C) groups is 1. The van der Waals surface area contributed by atoms with Crippen LogP contribution in [-0.2, 0) is 25.9 Å². The Morgan fingerprint density at radius 1 is 1.11 bits per heavy atom. The van der Waals surface area contributed by atoms with Crippen molar-refractivity contribution in [3.8, 4) is 0 Å². The lowest BCUT2D eigenvalue weighted by atomic mass is 9.87. The van der Waals surface area contributed by atoms with Gasteiger partial charge >= 0.3 is 0 Å². The van der Waals surface area contributed by atoms with E-state index in [0.717, 1.165) is 44.7 Å². The second-order valence-corrected chi connectivity index (χ2v) is 12.8. The van der Waals surface area contributed by atoms with Gasteiger partial charge in [-0.1, -0.05) is 42.5 Å². The van der Waals surface area contributed by atoms with E-state index in [0.29, 0.717) is 23.9 Å². The first-order valence-corrected chi connectivity index (χ1v) is 14.6. The van der Waals surface area contributed by atoms with E-state index in [1.165, 1.54) is 11.6 Å². The predicted octanol–water partition coefficient (Wildman–Crippen LogP) is 4.16. The molecule has 2 aromatic carbocycles. The highest BCUT2D eigenvalue weighted by Crippen LogP contribution is 2.33. The Balaban J connectivity index is 1.24. The maximum absolute atomic E-state index is 14.2. The zero-order chi connectivity index (χ0) is 26.2. The van der Waals surface area contributed by atoms with Crippen LogP contribution in [0.5, 0.6) is 0 Å². The van der Waals surface area contributed by atoms with Gasteiger partial charge in [0, 0.05) is 5.56 Å². The number of hydrogen-bond acceptors (Lipinski definition) is 6. The smallest absolute Gasteiger partial charge is 0.299 e. The summed E-state index contributed by atoms with van der Waals surface area (Å²) in [5, 5.41) is -0.804. The van der Waals surface area contributed by atoms with Gasteiger partial charge in [0.25, 0.3) is 6.02 Å². The van der Waals surface area contributed by atoms with Crippen LogP contribution in [0.15, 0.2) is 53.5 Å². The van der Waals surface area contributed by atoms with E-state index in [2.05, 4.69) is 26.7 Å². The van der Waals surface area contributed by atoms with Crippen LogP contribution in [-0.4, -0.2) is 62.5 Å². The molecule has 0 saturated carbocycles. The van der Waals surface area contributed by atoms with Crippen LogP contribution in [0.3, 0.4) is 0 Å². The lowest BCUT2D eigenvalue weighted by Gasteiger charge is -2.41. The number of hydrogen-bond donors (Lipinski definition) is 1. The van der Waals surface area contributed by atoms with Gasteiger partial charge in [-0.3, -0.25) is 4.90 Å². The normalized spacial score (nSPS) is 26.2. The molecule has 0 aliphatic carbocycles. The number of benzene rings is 2. The number of likely N-dealkylation sites (tertiary alicyclic amines) is 1. The molecule has 3 fully saturated rings. The van der Waals surface area contributed by atoms with Crippen molar-refractivity contribution in [1.82, 2.24) is 9.62 Å². The topological polar surface area (TPSA) is 80.2 Å². The second-order valence-electron chi connectivity index (χ2n) is 10.9. The molecule has 0 aromatic heterocycles. The van der Waals surface area contributed by atoms with E-state index < -0.39 is 32.7 Å². The van der Waals surface area contributed by atoms with Crippen LogP contribution in [0, 0.1) is 5.82 Å². The van der Waals surface area contributed by atoms with E-state index in [9.17, 15) is 12.8 Å². The molecule has 0 spiro atoms. The van der Waals surface area contributed by atoms with Crippen molar-refractivity contribution in [2.45, 2.75) is 68.9 Å². The molecule has 0 bridgehead atoms. The number of nitrogens with one attached hydrogen (secondary N) is 1. The zero-order valence-electron chi connectivity index (χ0n) is 21.7. The summed E-state index contributed by atoms with van der Waals surface area (Å²) in [5.41, 5.74) is 1.61. The number of amidine groups is 1. The highest BCUT2D eigenvalue weighted by Gasteiger charge is 2.47. The Morgan fingerprint density at radius 2 is 1.78 bits per heavy atom. The average Bonchev–Trinajstić information content (AvgIpc) is 2.81. The Bertz CT molecular complexity index is 1240. The third-order valence-electron chi connectivity index (χ3n) is 7.94. The molecule has 7 nitrogen and oxygen atoms in total. The summed E-state index contributed by atoms with van der Waals surface area (Å²) in [5.74, 6) is 0.137. The van der Waals surface area contributed by atoms with Crippen molar-refractivity contribution < 1.29 is 22.3 Å². The average molecular weight is 530 g/mol. The number of rotatable bonds is 6. The lowest BCUT2D eigenvalue weighted by molar-refractivity contribution is -0.0712. The second kappa shape index (κ2) is 10.3. The zero-order valence-corrected chi connectivity index (χ0v) is 22.5. The molecular weight excluding hydrogens is 493 g/mol. The predicted molar refractivity (Wildman–Crippen MR) is 142 cm³/mol. The van der Waals surface area contributed by atoms with Gasteiger partial charge in [0.05, 0.1) is 25.3 Å². The molecule has 1 N–H and O–H groups in total. The van der Waals surface area contributed by atoms with Gasteiger partial charge in [0.1, 0.15) is 16.7 Å².